The molecule has 0 saturated carbocycles. The number of hydrogen-bond donors (Lipinski definition) is 0. The van der Waals surface area contributed by atoms with E-state index in [1.807, 2.05) is 0 Å². The van der Waals surface area contributed by atoms with Crippen LogP contribution in [0, 0.1) is 6.92 Å². The molecule has 288 valence electrons. The third-order valence-electron chi connectivity index (χ3n) is 12.1. The minimum atomic E-state index is -0.175. The first-order valence-electron chi connectivity index (χ1n) is 20.8. The molecule has 1 aliphatic carbocycles. The summed E-state index contributed by atoms with van der Waals surface area (Å²) in [5.74, 6) is 0. The number of anilines is 6. The Morgan fingerprint density at radius 3 is 1.17 bits per heavy atom. The van der Waals surface area contributed by atoms with Crippen LogP contribution >= 0.6 is 0 Å². The van der Waals surface area contributed by atoms with Gasteiger partial charge in [0.2, 0.25) is 0 Å². The summed E-state index contributed by atoms with van der Waals surface area (Å²) in [5.41, 5.74) is 20.5. The zero-order valence-electron chi connectivity index (χ0n) is 34.3. The molecule has 0 atom stereocenters. The fourth-order valence-corrected chi connectivity index (χ4v) is 8.95. The molecule has 60 heavy (non-hydrogen) atoms. The Hall–Kier alpha value is -7.42. The normalized spacial score (nSPS) is 12.4. The van der Waals surface area contributed by atoms with E-state index in [9.17, 15) is 0 Å². The van der Waals surface area contributed by atoms with Gasteiger partial charge in [0.15, 0.2) is 0 Å². The number of aryl methyl sites for hydroxylation is 1. The summed E-state index contributed by atoms with van der Waals surface area (Å²) in [7, 11) is 0. The smallest absolute Gasteiger partial charge is 0.0465 e. The van der Waals surface area contributed by atoms with Crippen molar-refractivity contribution in [3.63, 3.8) is 0 Å². The minimum Gasteiger partial charge on any atom is -0.311 e. The van der Waals surface area contributed by atoms with E-state index in [0.29, 0.717) is 0 Å². The molecule has 0 unspecified atom stereocenters. The lowest BCUT2D eigenvalue weighted by atomic mass is 9.81. The topological polar surface area (TPSA) is 6.48 Å². The number of nitrogens with zero attached hydrogens (tertiary/aromatic N) is 2. The number of fused-ring (bicyclic) bond motifs is 3. The van der Waals surface area contributed by atoms with Gasteiger partial charge in [-0.1, -0.05) is 159 Å². The van der Waals surface area contributed by atoms with Crippen molar-refractivity contribution in [2.75, 3.05) is 9.80 Å². The maximum atomic E-state index is 2.42. The molecule has 0 amide bonds. The first kappa shape index (κ1) is 36.9. The SMILES string of the molecule is Cc1cccc(N(c2ccccc2)c2ccc3c(c2)C(C)(C)c2cc(-c4ccc(N(c5ccccc5)c5ccc(-c6ccc(-c7ccccc7)cc6)cc5)cc4)ccc2-3)c1. The molecule has 0 spiro atoms. The van der Waals surface area contributed by atoms with Gasteiger partial charge in [-0.2, -0.15) is 0 Å². The molecule has 1 aliphatic rings. The maximum Gasteiger partial charge on any atom is 0.0465 e. The standard InChI is InChI=1S/C58H46N2/c1-41-14-13-21-52(38-41)60(49-19-11-6-12-20-49)53-35-37-55-54-36-30-47(39-56(54)58(2,3)57(55)40-53)46-28-33-51(34-29-46)59(48-17-9-5-10-18-48)50-31-26-45(27-32-50)44-24-22-43(23-25-44)42-15-7-4-8-16-42/h4-40H,1-3H3. The van der Waals surface area contributed by atoms with E-state index in [1.165, 1.54) is 61.2 Å². The monoisotopic (exact) mass is 770 g/mol. The second-order valence-electron chi connectivity index (χ2n) is 16.3. The van der Waals surface area contributed by atoms with E-state index in [1.54, 1.807) is 0 Å². The van der Waals surface area contributed by atoms with Crippen molar-refractivity contribution in [2.24, 2.45) is 0 Å². The maximum absolute atomic E-state index is 2.42. The summed E-state index contributed by atoms with van der Waals surface area (Å²) >= 11 is 0. The number of hydrogen-bond acceptors (Lipinski definition) is 2. The molecule has 0 aliphatic heterocycles. The fraction of sp³-hybridized carbons (Fsp3) is 0.0690. The Morgan fingerprint density at radius 1 is 0.283 bits per heavy atom. The first-order valence-corrected chi connectivity index (χ1v) is 20.8. The molecule has 0 saturated heterocycles. The Balaban J connectivity index is 0.939. The summed E-state index contributed by atoms with van der Waals surface area (Å²) in [6.07, 6.45) is 0. The van der Waals surface area contributed by atoms with Crippen molar-refractivity contribution in [1.29, 1.82) is 0 Å². The highest BCUT2D eigenvalue weighted by Crippen LogP contribution is 2.52. The van der Waals surface area contributed by atoms with Crippen molar-refractivity contribution >= 4 is 34.1 Å². The summed E-state index contributed by atoms with van der Waals surface area (Å²) in [5, 5.41) is 0. The van der Waals surface area contributed by atoms with Gasteiger partial charge in [-0.05, 0) is 147 Å². The third kappa shape index (κ3) is 6.86. The number of rotatable bonds is 9. The van der Waals surface area contributed by atoms with E-state index in [-0.39, 0.29) is 5.41 Å². The van der Waals surface area contributed by atoms with Crippen molar-refractivity contribution < 1.29 is 0 Å². The molecule has 0 radical (unpaired) electrons. The summed E-state index contributed by atoms with van der Waals surface area (Å²) < 4.78 is 0. The van der Waals surface area contributed by atoms with Gasteiger partial charge in [0.05, 0.1) is 0 Å². The molecule has 9 aromatic rings. The van der Waals surface area contributed by atoms with E-state index >= 15 is 0 Å². The third-order valence-corrected chi connectivity index (χ3v) is 12.1. The predicted octanol–water partition coefficient (Wildman–Crippen LogP) is 16.2. The molecule has 0 fully saturated rings. The Kier molecular flexibility index (Phi) is 9.47. The van der Waals surface area contributed by atoms with Crippen LogP contribution in [0.15, 0.2) is 224 Å². The van der Waals surface area contributed by atoms with Crippen LogP contribution < -0.4 is 9.80 Å². The van der Waals surface area contributed by atoms with Crippen LogP contribution in [0.5, 0.6) is 0 Å². The van der Waals surface area contributed by atoms with E-state index in [4.69, 9.17) is 0 Å². The van der Waals surface area contributed by atoms with Crippen molar-refractivity contribution in [1.82, 2.24) is 0 Å². The Morgan fingerprint density at radius 2 is 0.633 bits per heavy atom. The second-order valence-corrected chi connectivity index (χ2v) is 16.3. The predicted molar refractivity (Wildman–Crippen MR) is 254 cm³/mol. The molecule has 0 heterocycles. The van der Waals surface area contributed by atoms with E-state index in [0.717, 1.165) is 34.1 Å². The summed E-state index contributed by atoms with van der Waals surface area (Å²) in [6.45, 7) is 6.90. The van der Waals surface area contributed by atoms with E-state index in [2.05, 4.69) is 255 Å². The average molecular weight is 771 g/mol. The van der Waals surface area contributed by atoms with Gasteiger partial charge in [0.25, 0.3) is 0 Å². The highest BCUT2D eigenvalue weighted by molar-refractivity contribution is 5.88. The lowest BCUT2D eigenvalue weighted by Gasteiger charge is -2.28. The number of para-hydroxylation sites is 2. The van der Waals surface area contributed by atoms with Gasteiger partial charge >= 0.3 is 0 Å². The second kappa shape index (κ2) is 15.4. The first-order chi connectivity index (χ1) is 29.4. The molecule has 0 N–H and O–H groups in total. The zero-order valence-corrected chi connectivity index (χ0v) is 34.3. The fourth-order valence-electron chi connectivity index (χ4n) is 8.95. The van der Waals surface area contributed by atoms with Crippen LogP contribution in [0.4, 0.5) is 34.1 Å². The van der Waals surface area contributed by atoms with Crippen LogP contribution in [-0.4, -0.2) is 0 Å². The highest BCUT2D eigenvalue weighted by Gasteiger charge is 2.36. The molecule has 9 aromatic carbocycles. The number of benzene rings is 9. The van der Waals surface area contributed by atoms with Crippen LogP contribution in [0.1, 0.15) is 30.5 Å². The molecule has 2 heteroatoms. The average Bonchev–Trinajstić information content (AvgIpc) is 3.53. The zero-order chi connectivity index (χ0) is 40.6. The lowest BCUT2D eigenvalue weighted by molar-refractivity contribution is 0.660. The van der Waals surface area contributed by atoms with Crippen LogP contribution in [-0.2, 0) is 5.41 Å². The van der Waals surface area contributed by atoms with Crippen LogP contribution in [0.3, 0.4) is 0 Å². The van der Waals surface area contributed by atoms with Crippen molar-refractivity contribution in [3.05, 3.63) is 241 Å². The molecule has 10 rings (SSSR count). The molecule has 2 nitrogen and oxygen atoms in total. The molecular formula is C58H46N2. The molecular weight excluding hydrogens is 725 g/mol. The van der Waals surface area contributed by atoms with Crippen LogP contribution in [0.25, 0.3) is 44.5 Å². The largest absolute Gasteiger partial charge is 0.311 e. The summed E-state index contributed by atoms with van der Waals surface area (Å²) in [4.78, 5) is 4.71. The van der Waals surface area contributed by atoms with Gasteiger partial charge in [-0.25, -0.2) is 0 Å². The molecule has 0 bridgehead atoms. The van der Waals surface area contributed by atoms with Crippen molar-refractivity contribution in [3.8, 4) is 44.5 Å². The molecule has 0 aromatic heterocycles. The lowest BCUT2D eigenvalue weighted by Crippen LogP contribution is -2.16. The van der Waals surface area contributed by atoms with E-state index < -0.39 is 0 Å². The van der Waals surface area contributed by atoms with Gasteiger partial charge in [-0.3, -0.25) is 0 Å². The van der Waals surface area contributed by atoms with Gasteiger partial charge < -0.3 is 9.80 Å². The van der Waals surface area contributed by atoms with Crippen LogP contribution in [0.2, 0.25) is 0 Å². The van der Waals surface area contributed by atoms with Gasteiger partial charge in [0.1, 0.15) is 0 Å². The van der Waals surface area contributed by atoms with Gasteiger partial charge in [-0.15, -0.1) is 0 Å². The Bertz CT molecular complexity index is 2910. The highest BCUT2D eigenvalue weighted by atomic mass is 15.1. The Labute approximate surface area is 354 Å². The van der Waals surface area contributed by atoms with Gasteiger partial charge in [0, 0.05) is 39.5 Å². The van der Waals surface area contributed by atoms with Crippen molar-refractivity contribution in [2.45, 2.75) is 26.2 Å². The quantitative estimate of drug-likeness (QED) is 0.144. The summed E-state index contributed by atoms with van der Waals surface area (Å²) in [6, 6.07) is 81.5. The minimum absolute atomic E-state index is 0.175.